The van der Waals surface area contributed by atoms with Crippen molar-refractivity contribution >= 4 is 20.0 Å². The number of nitrogens with two attached hydrogens (primary N) is 1. The molecule has 3 rings (SSSR count). The lowest BCUT2D eigenvalue weighted by Gasteiger charge is -2.39. The van der Waals surface area contributed by atoms with Crippen LogP contribution in [0.4, 0.5) is 0 Å². The van der Waals surface area contributed by atoms with E-state index in [2.05, 4.69) is 4.90 Å². The van der Waals surface area contributed by atoms with E-state index in [9.17, 15) is 16.8 Å². The predicted octanol–water partition coefficient (Wildman–Crippen LogP) is 0.973. The van der Waals surface area contributed by atoms with Crippen molar-refractivity contribution in [3.63, 3.8) is 0 Å². The Bertz CT molecular complexity index is 792. The van der Waals surface area contributed by atoms with Gasteiger partial charge in [-0.25, -0.2) is 22.0 Å². The molecule has 0 atom stereocenters. The van der Waals surface area contributed by atoms with Crippen LogP contribution in [0.2, 0.25) is 0 Å². The fourth-order valence-corrected chi connectivity index (χ4v) is 5.67. The molecule has 2 saturated heterocycles. The molecular formula is C16H25N3O4S2. The number of likely N-dealkylation sites (tertiary alicyclic amines) is 1. The lowest BCUT2D eigenvalue weighted by molar-refractivity contribution is 0.118. The number of sulfonamides is 2. The van der Waals surface area contributed by atoms with Crippen LogP contribution in [0.15, 0.2) is 34.1 Å². The van der Waals surface area contributed by atoms with Crippen LogP contribution in [0, 0.1) is 0 Å². The Balaban J connectivity index is 1.67. The number of rotatable bonds is 4. The molecule has 2 heterocycles. The molecule has 2 N–H and O–H groups in total. The minimum atomic E-state index is -3.82. The van der Waals surface area contributed by atoms with Gasteiger partial charge >= 0.3 is 0 Å². The third-order valence-electron chi connectivity index (χ3n) is 5.12. The molecule has 2 aliphatic rings. The third kappa shape index (κ3) is 4.22. The van der Waals surface area contributed by atoms with Gasteiger partial charge in [0.2, 0.25) is 20.0 Å². The normalized spacial score (nSPS) is 22.1. The molecule has 2 aliphatic heterocycles. The summed E-state index contributed by atoms with van der Waals surface area (Å²) in [5.41, 5.74) is 0. The zero-order chi connectivity index (χ0) is 18.1. The van der Waals surface area contributed by atoms with Crippen molar-refractivity contribution in [1.82, 2.24) is 9.21 Å². The molecule has 0 amide bonds. The molecule has 2 fully saturated rings. The molecule has 0 saturated carbocycles. The second-order valence-corrected chi connectivity index (χ2v) is 10.2. The maximum atomic E-state index is 12.8. The average Bonchev–Trinajstić information content (AvgIpc) is 2.62. The maximum Gasteiger partial charge on any atom is 0.243 e. The molecule has 9 heteroatoms. The second-order valence-electron chi connectivity index (χ2n) is 6.75. The van der Waals surface area contributed by atoms with E-state index in [4.69, 9.17) is 5.14 Å². The lowest BCUT2D eigenvalue weighted by atomic mass is 10.0. The van der Waals surface area contributed by atoms with Crippen LogP contribution in [-0.2, 0) is 20.0 Å². The number of piperidine rings is 2. The van der Waals surface area contributed by atoms with Crippen molar-refractivity contribution in [2.45, 2.75) is 47.9 Å². The van der Waals surface area contributed by atoms with Gasteiger partial charge in [0.25, 0.3) is 0 Å². The third-order valence-corrected chi connectivity index (χ3v) is 7.96. The summed E-state index contributed by atoms with van der Waals surface area (Å²) in [4.78, 5) is 2.51. The fourth-order valence-electron chi connectivity index (χ4n) is 3.68. The van der Waals surface area contributed by atoms with Crippen LogP contribution in [0.1, 0.15) is 32.1 Å². The fraction of sp³-hybridized carbons (Fsp3) is 0.625. The van der Waals surface area contributed by atoms with Crippen molar-refractivity contribution < 1.29 is 16.8 Å². The van der Waals surface area contributed by atoms with Crippen LogP contribution >= 0.6 is 0 Å². The van der Waals surface area contributed by atoms with E-state index in [0.29, 0.717) is 19.1 Å². The summed E-state index contributed by atoms with van der Waals surface area (Å²) in [6.07, 6.45) is 5.44. The van der Waals surface area contributed by atoms with Gasteiger partial charge in [0.1, 0.15) is 0 Å². The van der Waals surface area contributed by atoms with E-state index >= 15 is 0 Å². The van der Waals surface area contributed by atoms with Crippen LogP contribution in [0.3, 0.4) is 0 Å². The summed E-state index contributed by atoms with van der Waals surface area (Å²) >= 11 is 0. The maximum absolute atomic E-state index is 12.8. The first-order chi connectivity index (χ1) is 11.8. The van der Waals surface area contributed by atoms with E-state index < -0.39 is 20.0 Å². The van der Waals surface area contributed by atoms with E-state index in [1.54, 1.807) is 0 Å². The molecule has 1 aromatic rings. The zero-order valence-electron chi connectivity index (χ0n) is 14.2. The minimum absolute atomic E-state index is 0.0877. The number of primary sulfonamides is 1. The van der Waals surface area contributed by atoms with E-state index in [1.165, 1.54) is 47.8 Å². The summed E-state index contributed by atoms with van der Waals surface area (Å²) in [6.45, 7) is 3.24. The first-order valence-corrected chi connectivity index (χ1v) is 11.6. The summed E-state index contributed by atoms with van der Waals surface area (Å²) in [5, 5.41) is 5.05. The van der Waals surface area contributed by atoms with Gasteiger partial charge in [-0.05, 0) is 63.0 Å². The molecule has 0 radical (unpaired) electrons. The van der Waals surface area contributed by atoms with E-state index in [0.717, 1.165) is 25.9 Å². The summed E-state index contributed by atoms with van der Waals surface area (Å²) in [7, 11) is -7.42. The van der Waals surface area contributed by atoms with Gasteiger partial charge in [0, 0.05) is 19.1 Å². The Hall–Kier alpha value is -1.00. The van der Waals surface area contributed by atoms with Crippen molar-refractivity contribution in [2.75, 3.05) is 26.2 Å². The number of nitrogens with zero attached hydrogens (tertiary/aromatic N) is 2. The van der Waals surface area contributed by atoms with Crippen LogP contribution in [0.5, 0.6) is 0 Å². The largest absolute Gasteiger partial charge is 0.300 e. The number of benzene rings is 1. The lowest BCUT2D eigenvalue weighted by Crippen LogP contribution is -2.48. The Morgan fingerprint density at radius 2 is 1.32 bits per heavy atom. The van der Waals surface area contributed by atoms with Gasteiger partial charge in [-0.1, -0.05) is 6.42 Å². The average molecular weight is 388 g/mol. The molecule has 0 aliphatic carbocycles. The second kappa shape index (κ2) is 7.32. The standard InChI is InChI=1S/C16H25N3O4S2/c17-24(20,21)15-4-6-16(7-5-15)25(22,23)19-12-8-14(9-13-19)18-10-2-1-3-11-18/h4-7,14H,1-3,8-13H2,(H2,17,20,21). The molecule has 0 bridgehead atoms. The van der Waals surface area contributed by atoms with Crippen molar-refractivity contribution in [1.29, 1.82) is 0 Å². The minimum Gasteiger partial charge on any atom is -0.300 e. The molecule has 0 unspecified atom stereocenters. The molecule has 0 aromatic heterocycles. The van der Waals surface area contributed by atoms with Crippen LogP contribution < -0.4 is 5.14 Å². The van der Waals surface area contributed by atoms with Crippen molar-refractivity contribution in [3.05, 3.63) is 24.3 Å². The Morgan fingerprint density at radius 3 is 1.84 bits per heavy atom. The van der Waals surface area contributed by atoms with Crippen LogP contribution in [0.25, 0.3) is 0 Å². The highest BCUT2D eigenvalue weighted by molar-refractivity contribution is 7.89. The van der Waals surface area contributed by atoms with Gasteiger partial charge in [-0.15, -0.1) is 0 Å². The predicted molar refractivity (Wildman–Crippen MR) is 95.0 cm³/mol. The van der Waals surface area contributed by atoms with E-state index in [1.807, 2.05) is 0 Å². The highest BCUT2D eigenvalue weighted by atomic mass is 32.2. The smallest absolute Gasteiger partial charge is 0.243 e. The Morgan fingerprint density at radius 1 is 0.800 bits per heavy atom. The topological polar surface area (TPSA) is 101 Å². The molecule has 7 nitrogen and oxygen atoms in total. The summed E-state index contributed by atoms with van der Waals surface area (Å²) in [6, 6.07) is 5.57. The van der Waals surface area contributed by atoms with Gasteiger partial charge in [-0.2, -0.15) is 4.31 Å². The number of hydrogen-bond acceptors (Lipinski definition) is 5. The SMILES string of the molecule is NS(=O)(=O)c1ccc(S(=O)(=O)N2CCC(N3CCCCC3)CC2)cc1. The highest BCUT2D eigenvalue weighted by Crippen LogP contribution is 2.25. The van der Waals surface area contributed by atoms with Gasteiger partial charge in [-0.3, -0.25) is 0 Å². The molecular weight excluding hydrogens is 362 g/mol. The first kappa shape index (κ1) is 18.8. The summed E-state index contributed by atoms with van der Waals surface area (Å²) < 4.78 is 49.6. The molecule has 0 spiro atoms. The molecule has 1 aromatic carbocycles. The Kier molecular flexibility index (Phi) is 5.50. The zero-order valence-corrected chi connectivity index (χ0v) is 15.8. The van der Waals surface area contributed by atoms with Gasteiger partial charge in [0.15, 0.2) is 0 Å². The van der Waals surface area contributed by atoms with Crippen LogP contribution in [-0.4, -0.2) is 58.3 Å². The highest BCUT2D eigenvalue weighted by Gasteiger charge is 2.32. The first-order valence-electron chi connectivity index (χ1n) is 8.65. The molecule has 140 valence electrons. The molecule has 25 heavy (non-hydrogen) atoms. The number of hydrogen-bond donors (Lipinski definition) is 1. The summed E-state index contributed by atoms with van der Waals surface area (Å²) in [5.74, 6) is 0. The quantitative estimate of drug-likeness (QED) is 0.830. The van der Waals surface area contributed by atoms with Crippen molar-refractivity contribution in [2.24, 2.45) is 5.14 Å². The Labute approximate surface area is 149 Å². The van der Waals surface area contributed by atoms with E-state index in [-0.39, 0.29) is 9.79 Å². The van der Waals surface area contributed by atoms with Gasteiger partial charge < -0.3 is 4.90 Å². The van der Waals surface area contributed by atoms with Gasteiger partial charge in [0.05, 0.1) is 9.79 Å². The monoisotopic (exact) mass is 387 g/mol. The van der Waals surface area contributed by atoms with Crippen molar-refractivity contribution in [3.8, 4) is 0 Å².